The molecule has 0 saturated heterocycles. The third kappa shape index (κ3) is 5.44. The molecule has 2 aliphatic rings. The van der Waals surface area contributed by atoms with E-state index in [0.29, 0.717) is 63.6 Å². The van der Waals surface area contributed by atoms with Crippen LogP contribution < -0.4 is 16.4 Å². The number of benzene rings is 1. The number of imidazole rings is 1. The van der Waals surface area contributed by atoms with Crippen LogP contribution in [0.25, 0.3) is 11.2 Å². The summed E-state index contributed by atoms with van der Waals surface area (Å²) < 4.78 is 2.01. The summed E-state index contributed by atoms with van der Waals surface area (Å²) in [6, 6.07) is 5.24. The van der Waals surface area contributed by atoms with Crippen molar-refractivity contribution < 1.29 is 9.90 Å². The lowest BCUT2D eigenvalue weighted by atomic mass is 9.85. The second kappa shape index (κ2) is 10.7. The third-order valence-corrected chi connectivity index (χ3v) is 7.88. The van der Waals surface area contributed by atoms with Crippen LogP contribution in [0.5, 0.6) is 0 Å². The number of aromatic nitrogens is 4. The number of anilines is 3. The fourth-order valence-electron chi connectivity index (χ4n) is 5.36. The lowest BCUT2D eigenvalue weighted by Gasteiger charge is -2.29. The van der Waals surface area contributed by atoms with Crippen molar-refractivity contribution >= 4 is 57.9 Å². The highest BCUT2D eigenvalue weighted by Gasteiger charge is 2.30. The number of hydrogen-bond donors (Lipinski definition) is 4. The number of carbonyl (C=O) groups excluding carboxylic acids is 1. The van der Waals surface area contributed by atoms with Gasteiger partial charge >= 0.3 is 0 Å². The summed E-state index contributed by atoms with van der Waals surface area (Å²) in [5, 5.41) is 26.5. The van der Waals surface area contributed by atoms with Gasteiger partial charge in [0.1, 0.15) is 5.52 Å². The van der Waals surface area contributed by atoms with Crippen LogP contribution in [0.3, 0.4) is 0 Å². The summed E-state index contributed by atoms with van der Waals surface area (Å²) in [7, 11) is 0. The van der Waals surface area contributed by atoms with E-state index in [1.807, 2.05) is 10.6 Å². The van der Waals surface area contributed by atoms with E-state index in [9.17, 15) is 15.2 Å². The molecule has 2 heterocycles. The van der Waals surface area contributed by atoms with Crippen LogP contribution in [-0.2, 0) is 4.79 Å². The molecule has 37 heavy (non-hydrogen) atoms. The first-order chi connectivity index (χ1) is 17.8. The number of amides is 1. The number of carbonyl (C=O) groups is 1. The van der Waals surface area contributed by atoms with Gasteiger partial charge in [0.05, 0.1) is 39.7 Å². The summed E-state index contributed by atoms with van der Waals surface area (Å²) in [6.07, 6.45) is 7.51. The predicted octanol–water partition coefficient (Wildman–Crippen LogP) is 4.68. The first-order valence-electron chi connectivity index (χ1n) is 12.5. The molecule has 10 nitrogen and oxygen atoms in total. The van der Waals surface area contributed by atoms with Gasteiger partial charge < -0.3 is 21.5 Å². The number of aliphatic hydroxyl groups is 1. The fourth-order valence-corrected chi connectivity index (χ4v) is 5.94. The number of primary amides is 1. The minimum absolute atomic E-state index is 0.0123. The van der Waals surface area contributed by atoms with Crippen LogP contribution in [0.15, 0.2) is 18.3 Å². The number of rotatable bonds is 6. The van der Waals surface area contributed by atoms with E-state index in [4.69, 9.17) is 38.9 Å². The van der Waals surface area contributed by atoms with Gasteiger partial charge in [-0.3, -0.25) is 9.36 Å². The number of nitriles is 1. The van der Waals surface area contributed by atoms with Gasteiger partial charge in [0, 0.05) is 18.0 Å². The highest BCUT2D eigenvalue weighted by atomic mass is 35.5. The van der Waals surface area contributed by atoms with Crippen molar-refractivity contribution in [2.24, 2.45) is 11.7 Å². The Hall–Kier alpha value is -3.13. The lowest BCUT2D eigenvalue weighted by molar-refractivity contribution is -0.122. The van der Waals surface area contributed by atoms with Gasteiger partial charge in [-0.05, 0) is 63.5 Å². The molecule has 12 heteroatoms. The van der Waals surface area contributed by atoms with E-state index in [1.54, 1.807) is 18.3 Å². The highest BCUT2D eigenvalue weighted by Crippen LogP contribution is 2.39. The zero-order valence-corrected chi connectivity index (χ0v) is 21.6. The molecule has 2 fully saturated rings. The van der Waals surface area contributed by atoms with E-state index in [0.717, 1.165) is 32.1 Å². The lowest BCUT2D eigenvalue weighted by Crippen LogP contribution is -2.30. The van der Waals surface area contributed by atoms with Crippen molar-refractivity contribution in [3.63, 3.8) is 0 Å². The maximum Gasteiger partial charge on any atom is 0.224 e. The third-order valence-electron chi connectivity index (χ3n) is 7.28. The van der Waals surface area contributed by atoms with Gasteiger partial charge in [-0.25, -0.2) is 9.97 Å². The minimum atomic E-state index is -0.321. The Labute approximate surface area is 224 Å². The van der Waals surface area contributed by atoms with E-state index in [2.05, 4.69) is 15.6 Å². The molecule has 3 aromatic rings. The number of aliphatic hydroxyl groups excluding tert-OH is 1. The number of hydrogen-bond acceptors (Lipinski definition) is 8. The SMILES string of the molecule is N#Cc1cc(Cl)c(Nc2nc3cnc(N[C@H]4CCC[C@H](O)C4)nc3n2[C@H]2CC[C@H](C(N)=O)CC2)c(Cl)c1. The van der Waals surface area contributed by atoms with E-state index >= 15 is 0 Å². The summed E-state index contributed by atoms with van der Waals surface area (Å²) in [4.78, 5) is 25.8. The van der Waals surface area contributed by atoms with Crippen molar-refractivity contribution in [1.82, 2.24) is 19.5 Å². The molecule has 5 N–H and O–H groups in total. The Morgan fingerprint density at radius 3 is 2.51 bits per heavy atom. The van der Waals surface area contributed by atoms with Crippen molar-refractivity contribution in [1.29, 1.82) is 5.26 Å². The van der Waals surface area contributed by atoms with E-state index < -0.39 is 0 Å². The summed E-state index contributed by atoms with van der Waals surface area (Å²) in [5.74, 6) is 0.548. The van der Waals surface area contributed by atoms with Crippen molar-refractivity contribution in [2.75, 3.05) is 10.6 Å². The van der Waals surface area contributed by atoms with Crippen LogP contribution in [-0.4, -0.2) is 42.7 Å². The Kier molecular flexibility index (Phi) is 7.38. The first kappa shape index (κ1) is 25.5. The Balaban J connectivity index is 1.52. The number of nitrogens with one attached hydrogen (secondary N) is 2. The standard InChI is InChI=1S/C25H28Cl2N8O2/c26-18-8-13(11-28)9-19(27)21(18)33-25-32-20-12-30-24(31-15-2-1-3-17(36)10-15)34-23(20)35(25)16-6-4-14(5-7-16)22(29)37/h8-9,12,14-17,36H,1-7,10H2,(H2,29,37)(H,32,33)(H,30,31,34)/t14-,15-,16-,17-/m0/s1. The van der Waals surface area contributed by atoms with E-state index in [-0.39, 0.29) is 30.0 Å². The summed E-state index contributed by atoms with van der Waals surface area (Å²) >= 11 is 12.9. The zero-order valence-electron chi connectivity index (χ0n) is 20.1. The van der Waals surface area contributed by atoms with Gasteiger partial charge in [0.25, 0.3) is 0 Å². The Morgan fingerprint density at radius 2 is 1.86 bits per heavy atom. The molecule has 0 unspecified atom stereocenters. The number of fused-ring (bicyclic) bond motifs is 1. The highest BCUT2D eigenvalue weighted by molar-refractivity contribution is 6.39. The molecule has 0 radical (unpaired) electrons. The molecular weight excluding hydrogens is 515 g/mol. The van der Waals surface area contributed by atoms with Gasteiger partial charge in [0.15, 0.2) is 5.65 Å². The predicted molar refractivity (Wildman–Crippen MR) is 142 cm³/mol. The molecule has 0 bridgehead atoms. The molecule has 1 aromatic carbocycles. The smallest absolute Gasteiger partial charge is 0.224 e. The summed E-state index contributed by atoms with van der Waals surface area (Å²) in [6.45, 7) is 0. The van der Waals surface area contributed by atoms with Gasteiger partial charge in [-0.15, -0.1) is 0 Å². The van der Waals surface area contributed by atoms with Crippen molar-refractivity contribution in [3.05, 3.63) is 33.9 Å². The second-order valence-corrected chi connectivity index (χ2v) is 10.6. The molecule has 2 aliphatic carbocycles. The Bertz CT molecular complexity index is 1340. The molecule has 0 aliphatic heterocycles. The van der Waals surface area contributed by atoms with Crippen LogP contribution in [0, 0.1) is 17.2 Å². The monoisotopic (exact) mass is 542 g/mol. The van der Waals surface area contributed by atoms with Crippen LogP contribution in [0.1, 0.15) is 63.0 Å². The minimum Gasteiger partial charge on any atom is -0.393 e. The van der Waals surface area contributed by atoms with Crippen molar-refractivity contribution in [2.45, 2.75) is 69.6 Å². The van der Waals surface area contributed by atoms with Crippen LogP contribution in [0.2, 0.25) is 10.0 Å². The van der Waals surface area contributed by atoms with Gasteiger partial charge in [-0.1, -0.05) is 23.2 Å². The normalized spacial score (nSPS) is 23.9. The molecule has 2 atom stereocenters. The second-order valence-electron chi connectivity index (χ2n) is 9.83. The fraction of sp³-hybridized carbons (Fsp3) is 0.480. The van der Waals surface area contributed by atoms with Gasteiger partial charge in [0.2, 0.25) is 17.8 Å². The zero-order chi connectivity index (χ0) is 26.1. The molecule has 2 saturated carbocycles. The first-order valence-corrected chi connectivity index (χ1v) is 13.2. The number of halogens is 2. The Morgan fingerprint density at radius 1 is 1.14 bits per heavy atom. The average Bonchev–Trinajstić information content (AvgIpc) is 3.23. The quantitative estimate of drug-likeness (QED) is 0.349. The molecule has 5 rings (SSSR count). The maximum atomic E-state index is 11.7. The summed E-state index contributed by atoms with van der Waals surface area (Å²) in [5.41, 5.74) is 7.58. The number of nitrogens with zero attached hydrogens (tertiary/aromatic N) is 5. The van der Waals surface area contributed by atoms with Crippen molar-refractivity contribution in [3.8, 4) is 6.07 Å². The largest absolute Gasteiger partial charge is 0.393 e. The molecule has 194 valence electrons. The van der Waals surface area contributed by atoms with Crippen LogP contribution >= 0.6 is 23.2 Å². The van der Waals surface area contributed by atoms with E-state index in [1.165, 1.54) is 0 Å². The molecule has 1 amide bonds. The maximum absolute atomic E-state index is 11.7. The topological polar surface area (TPSA) is 155 Å². The number of nitrogens with two attached hydrogens (primary N) is 1. The average molecular weight is 543 g/mol. The molecule has 0 spiro atoms. The van der Waals surface area contributed by atoms with Crippen LogP contribution in [0.4, 0.5) is 17.6 Å². The van der Waals surface area contributed by atoms with Gasteiger partial charge in [-0.2, -0.15) is 10.2 Å². The molecular formula is C25H28Cl2N8O2. The molecule has 2 aromatic heterocycles.